The number of hydrogen-bond donors (Lipinski definition) is 1. The summed E-state index contributed by atoms with van der Waals surface area (Å²) in [5, 5.41) is 9.02. The van der Waals surface area contributed by atoms with E-state index in [1.54, 1.807) is 12.3 Å². The van der Waals surface area contributed by atoms with Gasteiger partial charge in [0.1, 0.15) is 5.82 Å². The molecule has 0 amide bonds. The first-order chi connectivity index (χ1) is 6.29. The summed E-state index contributed by atoms with van der Waals surface area (Å²) in [6, 6.07) is 3.62. The molecule has 0 aliphatic heterocycles. The number of pyridine rings is 1. The molecule has 0 saturated carbocycles. The minimum Gasteiger partial charge on any atom is -0.392 e. The standard InChI is InChI=1S/C10H12N2O/c1-3-7-12(2)10-9(8-13)5-4-6-11-10/h1,4-6,13H,7-8H2,2H3. The molecule has 1 aromatic heterocycles. The monoisotopic (exact) mass is 176 g/mol. The largest absolute Gasteiger partial charge is 0.392 e. The van der Waals surface area contributed by atoms with Gasteiger partial charge in [-0.15, -0.1) is 6.42 Å². The lowest BCUT2D eigenvalue weighted by molar-refractivity contribution is 0.281. The second kappa shape index (κ2) is 4.48. The summed E-state index contributed by atoms with van der Waals surface area (Å²) in [7, 11) is 1.85. The zero-order chi connectivity index (χ0) is 9.68. The van der Waals surface area contributed by atoms with Crippen molar-refractivity contribution < 1.29 is 5.11 Å². The highest BCUT2D eigenvalue weighted by atomic mass is 16.3. The molecular weight excluding hydrogens is 164 g/mol. The van der Waals surface area contributed by atoms with Gasteiger partial charge in [-0.2, -0.15) is 0 Å². The highest BCUT2D eigenvalue weighted by Crippen LogP contribution is 2.14. The summed E-state index contributed by atoms with van der Waals surface area (Å²) in [4.78, 5) is 5.96. The van der Waals surface area contributed by atoms with Crippen molar-refractivity contribution in [2.45, 2.75) is 6.61 Å². The van der Waals surface area contributed by atoms with Gasteiger partial charge >= 0.3 is 0 Å². The van der Waals surface area contributed by atoms with Gasteiger partial charge in [-0.25, -0.2) is 4.98 Å². The molecule has 3 nitrogen and oxygen atoms in total. The third-order valence-corrected chi connectivity index (χ3v) is 1.73. The van der Waals surface area contributed by atoms with Crippen LogP contribution in [-0.4, -0.2) is 23.7 Å². The summed E-state index contributed by atoms with van der Waals surface area (Å²) in [5.74, 6) is 3.26. The van der Waals surface area contributed by atoms with Gasteiger partial charge in [-0.3, -0.25) is 0 Å². The topological polar surface area (TPSA) is 36.4 Å². The number of rotatable bonds is 3. The van der Waals surface area contributed by atoms with E-state index in [4.69, 9.17) is 11.5 Å². The van der Waals surface area contributed by atoms with Crippen molar-refractivity contribution >= 4 is 5.82 Å². The van der Waals surface area contributed by atoms with Gasteiger partial charge in [0.2, 0.25) is 0 Å². The van der Waals surface area contributed by atoms with E-state index in [1.165, 1.54) is 0 Å². The molecule has 0 atom stereocenters. The van der Waals surface area contributed by atoms with Crippen molar-refractivity contribution in [1.82, 2.24) is 4.98 Å². The zero-order valence-corrected chi connectivity index (χ0v) is 7.57. The molecule has 0 unspecified atom stereocenters. The van der Waals surface area contributed by atoms with Crippen LogP contribution in [0.15, 0.2) is 18.3 Å². The SMILES string of the molecule is C#CCN(C)c1ncccc1CO. The number of aliphatic hydroxyl groups excluding tert-OH is 1. The second-order valence-corrected chi connectivity index (χ2v) is 2.70. The van der Waals surface area contributed by atoms with E-state index in [0.29, 0.717) is 6.54 Å². The van der Waals surface area contributed by atoms with Crippen LogP contribution in [0.1, 0.15) is 5.56 Å². The molecule has 0 aliphatic carbocycles. The van der Waals surface area contributed by atoms with E-state index in [-0.39, 0.29) is 6.61 Å². The summed E-state index contributed by atoms with van der Waals surface area (Å²) in [6.07, 6.45) is 6.86. The van der Waals surface area contributed by atoms with Crippen LogP contribution in [0.25, 0.3) is 0 Å². The molecule has 1 aromatic rings. The van der Waals surface area contributed by atoms with Crippen molar-refractivity contribution in [3.63, 3.8) is 0 Å². The summed E-state index contributed by atoms with van der Waals surface area (Å²) in [6.45, 7) is 0.474. The zero-order valence-electron chi connectivity index (χ0n) is 7.57. The van der Waals surface area contributed by atoms with E-state index >= 15 is 0 Å². The number of nitrogens with zero attached hydrogens (tertiary/aromatic N) is 2. The number of hydrogen-bond acceptors (Lipinski definition) is 3. The maximum Gasteiger partial charge on any atom is 0.134 e. The van der Waals surface area contributed by atoms with Crippen molar-refractivity contribution in [1.29, 1.82) is 0 Å². The Morgan fingerprint density at radius 2 is 2.46 bits per heavy atom. The predicted molar refractivity (Wildman–Crippen MR) is 52.3 cm³/mol. The lowest BCUT2D eigenvalue weighted by Crippen LogP contribution is -2.19. The van der Waals surface area contributed by atoms with Gasteiger partial charge in [-0.1, -0.05) is 12.0 Å². The predicted octanol–water partition coefficient (Wildman–Crippen LogP) is 0.643. The molecule has 3 heteroatoms. The summed E-state index contributed by atoms with van der Waals surface area (Å²) >= 11 is 0. The van der Waals surface area contributed by atoms with Gasteiger partial charge < -0.3 is 10.0 Å². The first kappa shape index (κ1) is 9.56. The fourth-order valence-electron chi connectivity index (χ4n) is 1.11. The molecule has 13 heavy (non-hydrogen) atoms. The van der Waals surface area contributed by atoms with Crippen LogP contribution in [0.5, 0.6) is 0 Å². The van der Waals surface area contributed by atoms with E-state index in [0.717, 1.165) is 11.4 Å². The Labute approximate surface area is 78.0 Å². The molecule has 0 aliphatic rings. The van der Waals surface area contributed by atoms with Crippen molar-refractivity contribution in [3.05, 3.63) is 23.9 Å². The molecule has 1 N–H and O–H groups in total. The maximum absolute atomic E-state index is 9.02. The summed E-state index contributed by atoms with van der Waals surface area (Å²) in [5.41, 5.74) is 0.792. The molecule has 1 heterocycles. The average Bonchev–Trinajstić information content (AvgIpc) is 2.18. The lowest BCUT2D eigenvalue weighted by atomic mass is 10.2. The molecule has 68 valence electrons. The Bertz CT molecular complexity index is 317. The highest BCUT2D eigenvalue weighted by Gasteiger charge is 2.05. The number of aromatic nitrogens is 1. The molecule has 1 rings (SSSR count). The fraction of sp³-hybridized carbons (Fsp3) is 0.300. The Morgan fingerprint density at radius 1 is 1.69 bits per heavy atom. The minimum atomic E-state index is -0.0158. The Hall–Kier alpha value is -1.53. The second-order valence-electron chi connectivity index (χ2n) is 2.70. The normalized spacial score (nSPS) is 9.31. The first-order valence-electron chi connectivity index (χ1n) is 3.99. The number of anilines is 1. The summed E-state index contributed by atoms with van der Waals surface area (Å²) < 4.78 is 0. The molecule has 0 aromatic carbocycles. The maximum atomic E-state index is 9.02. The molecule has 0 bridgehead atoms. The molecular formula is C10H12N2O. The molecule has 0 spiro atoms. The smallest absolute Gasteiger partial charge is 0.134 e. The highest BCUT2D eigenvalue weighted by molar-refractivity contribution is 5.46. The van der Waals surface area contributed by atoms with Crippen LogP contribution in [0, 0.1) is 12.3 Å². The Morgan fingerprint density at radius 3 is 3.08 bits per heavy atom. The van der Waals surface area contributed by atoms with Crippen LogP contribution in [0.4, 0.5) is 5.82 Å². The van der Waals surface area contributed by atoms with Crippen molar-refractivity contribution in [2.75, 3.05) is 18.5 Å². The van der Waals surface area contributed by atoms with Crippen LogP contribution in [0.2, 0.25) is 0 Å². The van der Waals surface area contributed by atoms with Crippen molar-refractivity contribution in [2.24, 2.45) is 0 Å². The molecule has 0 radical (unpaired) electrons. The van der Waals surface area contributed by atoms with E-state index in [9.17, 15) is 0 Å². The average molecular weight is 176 g/mol. The van der Waals surface area contributed by atoms with Crippen molar-refractivity contribution in [3.8, 4) is 12.3 Å². The van der Waals surface area contributed by atoms with Gasteiger partial charge in [0.05, 0.1) is 13.2 Å². The Balaban J connectivity index is 2.93. The van der Waals surface area contributed by atoms with E-state index < -0.39 is 0 Å². The van der Waals surface area contributed by atoms with Gasteiger partial charge in [-0.05, 0) is 6.07 Å². The van der Waals surface area contributed by atoms with Gasteiger partial charge in [0.15, 0.2) is 0 Å². The number of aliphatic hydroxyl groups is 1. The molecule has 0 fully saturated rings. The first-order valence-corrected chi connectivity index (χ1v) is 3.99. The van der Waals surface area contributed by atoms with Gasteiger partial charge in [0, 0.05) is 18.8 Å². The van der Waals surface area contributed by atoms with Crippen LogP contribution in [-0.2, 0) is 6.61 Å². The lowest BCUT2D eigenvalue weighted by Gasteiger charge is -2.17. The third kappa shape index (κ3) is 2.20. The van der Waals surface area contributed by atoms with Crippen LogP contribution < -0.4 is 4.90 Å². The minimum absolute atomic E-state index is 0.0158. The Kier molecular flexibility index (Phi) is 3.30. The number of terminal acetylenes is 1. The molecule has 0 saturated heterocycles. The van der Waals surface area contributed by atoms with Crippen LogP contribution in [0.3, 0.4) is 0 Å². The van der Waals surface area contributed by atoms with E-state index in [2.05, 4.69) is 10.9 Å². The fourth-order valence-corrected chi connectivity index (χ4v) is 1.11. The quantitative estimate of drug-likeness (QED) is 0.687. The van der Waals surface area contributed by atoms with Crippen LogP contribution >= 0.6 is 0 Å². The third-order valence-electron chi connectivity index (χ3n) is 1.73. The van der Waals surface area contributed by atoms with E-state index in [1.807, 2.05) is 18.0 Å². The van der Waals surface area contributed by atoms with Gasteiger partial charge in [0.25, 0.3) is 0 Å².